The number of nitrogens with one attached hydrogen (secondary N) is 1. The summed E-state index contributed by atoms with van der Waals surface area (Å²) in [6.07, 6.45) is 1.03. The first-order chi connectivity index (χ1) is 11.9. The molecule has 0 unspecified atom stereocenters. The van der Waals surface area contributed by atoms with Gasteiger partial charge in [0.2, 0.25) is 0 Å². The minimum absolute atomic E-state index is 0.00349. The van der Waals surface area contributed by atoms with Gasteiger partial charge in [0.05, 0.1) is 6.61 Å². The number of ether oxygens (including phenoxy) is 2. The Morgan fingerprint density at radius 2 is 1.84 bits per heavy atom. The van der Waals surface area contributed by atoms with Crippen LogP contribution in [-0.4, -0.2) is 49.2 Å². The van der Waals surface area contributed by atoms with Crippen LogP contribution in [0.1, 0.15) is 30.9 Å². The second-order valence-corrected chi connectivity index (χ2v) is 6.56. The number of amides is 2. The highest BCUT2D eigenvalue weighted by atomic mass is 35.5. The molecule has 0 radical (unpaired) electrons. The Hall–Kier alpha value is -1.95. The average Bonchev–Trinajstić information content (AvgIpc) is 2.58. The van der Waals surface area contributed by atoms with Gasteiger partial charge in [-0.05, 0) is 56.9 Å². The second-order valence-electron chi connectivity index (χ2n) is 6.18. The SMILES string of the molecule is CCOC(=O)NC1CCN(C(=O)COc2cc(C)c(Cl)c(C)c2)CC1. The molecular formula is C18H25ClN2O4. The van der Waals surface area contributed by atoms with Gasteiger partial charge in [0, 0.05) is 24.2 Å². The third-order valence-electron chi connectivity index (χ3n) is 4.22. The molecule has 1 aliphatic rings. The third-order valence-corrected chi connectivity index (χ3v) is 4.81. The predicted molar refractivity (Wildman–Crippen MR) is 96.2 cm³/mol. The minimum Gasteiger partial charge on any atom is -0.484 e. The van der Waals surface area contributed by atoms with E-state index in [1.165, 1.54) is 0 Å². The number of halogens is 1. The summed E-state index contributed by atoms with van der Waals surface area (Å²) in [5, 5.41) is 3.53. The summed E-state index contributed by atoms with van der Waals surface area (Å²) in [6.45, 7) is 7.12. The summed E-state index contributed by atoms with van der Waals surface area (Å²) in [4.78, 5) is 25.5. The number of alkyl carbamates (subject to hydrolysis) is 1. The highest BCUT2D eigenvalue weighted by molar-refractivity contribution is 6.32. The number of rotatable bonds is 5. The Bertz CT molecular complexity index is 604. The summed E-state index contributed by atoms with van der Waals surface area (Å²) in [5.41, 5.74) is 1.85. The zero-order chi connectivity index (χ0) is 18.4. The van der Waals surface area contributed by atoms with Crippen molar-refractivity contribution < 1.29 is 19.1 Å². The van der Waals surface area contributed by atoms with Gasteiger partial charge < -0.3 is 19.7 Å². The van der Waals surface area contributed by atoms with E-state index in [9.17, 15) is 9.59 Å². The van der Waals surface area contributed by atoms with Crippen LogP contribution in [0, 0.1) is 13.8 Å². The van der Waals surface area contributed by atoms with Gasteiger partial charge in [0.15, 0.2) is 6.61 Å². The molecule has 1 N–H and O–H groups in total. The molecule has 0 aliphatic carbocycles. The number of nitrogens with zero attached hydrogens (tertiary/aromatic N) is 1. The van der Waals surface area contributed by atoms with Crippen LogP contribution in [0.4, 0.5) is 4.79 Å². The molecule has 1 aromatic carbocycles. The van der Waals surface area contributed by atoms with E-state index in [0.717, 1.165) is 16.1 Å². The molecule has 7 heteroatoms. The largest absolute Gasteiger partial charge is 0.484 e. The Labute approximate surface area is 153 Å². The first kappa shape index (κ1) is 19.4. The zero-order valence-electron chi connectivity index (χ0n) is 14.9. The van der Waals surface area contributed by atoms with Gasteiger partial charge in [-0.3, -0.25) is 4.79 Å². The van der Waals surface area contributed by atoms with E-state index < -0.39 is 6.09 Å². The fourth-order valence-corrected chi connectivity index (χ4v) is 2.95. The molecule has 0 bridgehead atoms. The van der Waals surface area contributed by atoms with Crippen LogP contribution in [0.3, 0.4) is 0 Å². The van der Waals surface area contributed by atoms with Gasteiger partial charge in [-0.15, -0.1) is 0 Å². The van der Waals surface area contributed by atoms with Crippen LogP contribution < -0.4 is 10.1 Å². The Morgan fingerprint density at radius 1 is 1.24 bits per heavy atom. The van der Waals surface area contributed by atoms with Crippen molar-refractivity contribution >= 4 is 23.6 Å². The van der Waals surface area contributed by atoms with Gasteiger partial charge in [-0.25, -0.2) is 4.79 Å². The molecule has 0 aromatic heterocycles. The fraction of sp³-hybridized carbons (Fsp3) is 0.556. The molecule has 0 saturated carbocycles. The Balaban J connectivity index is 1.78. The second kappa shape index (κ2) is 8.94. The number of benzene rings is 1. The van der Waals surface area contributed by atoms with E-state index in [4.69, 9.17) is 21.1 Å². The van der Waals surface area contributed by atoms with E-state index in [2.05, 4.69) is 5.32 Å². The standard InChI is InChI=1S/C18H25ClN2O4/c1-4-24-18(23)20-14-5-7-21(8-6-14)16(22)11-25-15-9-12(2)17(19)13(3)10-15/h9-10,14H,4-8,11H2,1-3H3,(H,20,23). The summed E-state index contributed by atoms with van der Waals surface area (Å²) < 4.78 is 10.5. The maximum Gasteiger partial charge on any atom is 0.407 e. The lowest BCUT2D eigenvalue weighted by atomic mass is 10.1. The van der Waals surface area contributed by atoms with Gasteiger partial charge in [0.25, 0.3) is 5.91 Å². The third kappa shape index (κ3) is 5.53. The summed E-state index contributed by atoms with van der Waals surface area (Å²) >= 11 is 6.13. The maximum atomic E-state index is 12.3. The molecule has 1 aliphatic heterocycles. The maximum absolute atomic E-state index is 12.3. The highest BCUT2D eigenvalue weighted by Crippen LogP contribution is 2.25. The number of carbonyl (C=O) groups is 2. The molecule has 2 rings (SSSR count). The van der Waals surface area contributed by atoms with Crippen molar-refractivity contribution in [3.05, 3.63) is 28.3 Å². The van der Waals surface area contributed by atoms with Crippen molar-refractivity contribution in [3.8, 4) is 5.75 Å². The molecular weight excluding hydrogens is 344 g/mol. The lowest BCUT2D eigenvalue weighted by Crippen LogP contribution is -2.47. The van der Waals surface area contributed by atoms with E-state index in [1.54, 1.807) is 11.8 Å². The number of piperidine rings is 1. The van der Waals surface area contributed by atoms with E-state index in [0.29, 0.717) is 38.3 Å². The van der Waals surface area contributed by atoms with Crippen LogP contribution in [0.2, 0.25) is 5.02 Å². The number of carbonyl (C=O) groups excluding carboxylic acids is 2. The summed E-state index contributed by atoms with van der Waals surface area (Å²) in [6, 6.07) is 3.71. The smallest absolute Gasteiger partial charge is 0.407 e. The molecule has 6 nitrogen and oxygen atoms in total. The van der Waals surface area contributed by atoms with Crippen LogP contribution in [0.15, 0.2) is 12.1 Å². The first-order valence-corrected chi connectivity index (χ1v) is 8.89. The highest BCUT2D eigenvalue weighted by Gasteiger charge is 2.24. The number of aryl methyl sites for hydroxylation is 2. The van der Waals surface area contributed by atoms with E-state index in [1.807, 2.05) is 26.0 Å². The van der Waals surface area contributed by atoms with Crippen molar-refractivity contribution in [2.24, 2.45) is 0 Å². The topological polar surface area (TPSA) is 67.9 Å². The van der Waals surface area contributed by atoms with Gasteiger partial charge in [-0.1, -0.05) is 11.6 Å². The summed E-state index contributed by atoms with van der Waals surface area (Å²) in [5.74, 6) is 0.589. The lowest BCUT2D eigenvalue weighted by Gasteiger charge is -2.32. The molecule has 0 atom stereocenters. The minimum atomic E-state index is -0.399. The van der Waals surface area contributed by atoms with Gasteiger partial charge in [-0.2, -0.15) is 0 Å². The van der Waals surface area contributed by atoms with Crippen molar-refractivity contribution in [2.75, 3.05) is 26.3 Å². The monoisotopic (exact) mass is 368 g/mol. The van der Waals surface area contributed by atoms with E-state index in [-0.39, 0.29) is 18.6 Å². The van der Waals surface area contributed by atoms with Crippen LogP contribution in [-0.2, 0) is 9.53 Å². The van der Waals surface area contributed by atoms with Crippen LogP contribution in [0.25, 0.3) is 0 Å². The van der Waals surface area contributed by atoms with Gasteiger partial charge in [0.1, 0.15) is 5.75 Å². The number of hydrogen-bond donors (Lipinski definition) is 1. The molecule has 1 aromatic rings. The Morgan fingerprint density at radius 3 is 2.40 bits per heavy atom. The summed E-state index contributed by atoms with van der Waals surface area (Å²) in [7, 11) is 0. The molecule has 1 heterocycles. The van der Waals surface area contributed by atoms with Crippen LogP contribution in [0.5, 0.6) is 5.75 Å². The zero-order valence-corrected chi connectivity index (χ0v) is 15.7. The van der Waals surface area contributed by atoms with E-state index >= 15 is 0 Å². The predicted octanol–water partition coefficient (Wildman–Crippen LogP) is 3.07. The first-order valence-electron chi connectivity index (χ1n) is 8.51. The van der Waals surface area contributed by atoms with Crippen molar-refractivity contribution in [2.45, 2.75) is 39.7 Å². The van der Waals surface area contributed by atoms with Crippen molar-refractivity contribution in [1.29, 1.82) is 0 Å². The van der Waals surface area contributed by atoms with Crippen molar-refractivity contribution in [1.82, 2.24) is 10.2 Å². The number of hydrogen-bond acceptors (Lipinski definition) is 4. The van der Waals surface area contributed by atoms with Gasteiger partial charge >= 0.3 is 6.09 Å². The quantitative estimate of drug-likeness (QED) is 0.867. The lowest BCUT2D eigenvalue weighted by molar-refractivity contribution is -0.134. The molecule has 2 amide bonds. The van der Waals surface area contributed by atoms with Crippen LogP contribution >= 0.6 is 11.6 Å². The molecule has 0 spiro atoms. The molecule has 138 valence electrons. The molecule has 1 saturated heterocycles. The fourth-order valence-electron chi connectivity index (χ4n) is 2.84. The normalized spacial score (nSPS) is 15.0. The molecule has 1 fully saturated rings. The van der Waals surface area contributed by atoms with Crippen molar-refractivity contribution in [3.63, 3.8) is 0 Å². The molecule has 25 heavy (non-hydrogen) atoms. The Kier molecular flexibility index (Phi) is 6.93. The number of likely N-dealkylation sites (tertiary alicyclic amines) is 1. The average molecular weight is 369 g/mol.